The highest BCUT2D eigenvalue weighted by molar-refractivity contribution is 7.89. The van der Waals surface area contributed by atoms with Crippen LogP contribution in [0.15, 0.2) is 4.90 Å². The zero-order valence-corrected chi connectivity index (χ0v) is 11.7. The molecule has 0 saturated heterocycles. The predicted octanol–water partition coefficient (Wildman–Crippen LogP) is -0.614. The highest BCUT2D eigenvalue weighted by atomic mass is 32.2. The van der Waals surface area contributed by atoms with E-state index >= 15 is 0 Å². The van der Waals surface area contributed by atoms with Crippen molar-refractivity contribution in [2.45, 2.75) is 25.2 Å². The van der Waals surface area contributed by atoms with Crippen molar-refractivity contribution in [3.63, 3.8) is 0 Å². The molecule has 1 heterocycles. The number of hydrogen-bond donors (Lipinski definition) is 3. The van der Waals surface area contributed by atoms with E-state index in [0.717, 1.165) is 0 Å². The number of aromatic amines is 1. The fourth-order valence-corrected chi connectivity index (χ4v) is 2.47. The summed E-state index contributed by atoms with van der Waals surface area (Å²) in [4.78, 5) is 11.6. The standard InChI is InChI=1S/C10H18N4O4S/c1-3-7-9(19(11,16)17)8(14-13-7)10(15)12-5-6-18-4-2/h3-6H2,1-2H3,(H,12,15)(H,13,14)(H2,11,16,17). The van der Waals surface area contributed by atoms with E-state index in [9.17, 15) is 13.2 Å². The molecule has 108 valence electrons. The molecule has 19 heavy (non-hydrogen) atoms. The van der Waals surface area contributed by atoms with Crippen LogP contribution >= 0.6 is 0 Å². The molecule has 0 saturated carbocycles. The van der Waals surface area contributed by atoms with Gasteiger partial charge in [0.1, 0.15) is 4.90 Å². The number of primary sulfonamides is 1. The summed E-state index contributed by atoms with van der Waals surface area (Å²) in [6.07, 6.45) is 0.380. The van der Waals surface area contributed by atoms with E-state index in [2.05, 4.69) is 15.5 Å². The van der Waals surface area contributed by atoms with Gasteiger partial charge < -0.3 is 10.1 Å². The molecule has 0 bridgehead atoms. The Balaban J connectivity index is 2.89. The molecule has 1 aromatic heterocycles. The first kappa shape index (κ1) is 15.6. The summed E-state index contributed by atoms with van der Waals surface area (Å²) in [5, 5.41) is 13.8. The number of sulfonamides is 1. The van der Waals surface area contributed by atoms with Crippen LogP contribution in [0.1, 0.15) is 30.0 Å². The van der Waals surface area contributed by atoms with Gasteiger partial charge in [-0.15, -0.1) is 0 Å². The Bertz CT molecular complexity index is 538. The van der Waals surface area contributed by atoms with Gasteiger partial charge in [-0.2, -0.15) is 5.10 Å². The Hall–Kier alpha value is -1.45. The zero-order chi connectivity index (χ0) is 14.5. The van der Waals surface area contributed by atoms with Crippen molar-refractivity contribution in [3.05, 3.63) is 11.4 Å². The first-order valence-electron chi connectivity index (χ1n) is 5.87. The Kier molecular flexibility index (Phi) is 5.45. The fourth-order valence-electron chi connectivity index (χ4n) is 1.53. The molecule has 4 N–H and O–H groups in total. The lowest BCUT2D eigenvalue weighted by atomic mass is 10.3. The monoisotopic (exact) mass is 290 g/mol. The van der Waals surface area contributed by atoms with Gasteiger partial charge >= 0.3 is 0 Å². The Morgan fingerprint density at radius 1 is 1.47 bits per heavy atom. The van der Waals surface area contributed by atoms with Crippen molar-refractivity contribution in [2.24, 2.45) is 5.14 Å². The number of carbonyl (C=O) groups is 1. The smallest absolute Gasteiger partial charge is 0.273 e. The van der Waals surface area contributed by atoms with Crippen LogP contribution in [0.4, 0.5) is 0 Å². The normalized spacial score (nSPS) is 11.5. The SMILES string of the molecule is CCOCCNC(=O)c1n[nH]c(CC)c1S(N)(=O)=O. The van der Waals surface area contributed by atoms with Gasteiger partial charge in [0.2, 0.25) is 10.0 Å². The summed E-state index contributed by atoms with van der Waals surface area (Å²) in [5.41, 5.74) is 0.105. The third kappa shape index (κ3) is 4.01. The van der Waals surface area contributed by atoms with E-state index in [1.807, 2.05) is 6.92 Å². The van der Waals surface area contributed by atoms with E-state index in [4.69, 9.17) is 9.88 Å². The molecule has 0 aliphatic heterocycles. The second-order valence-corrected chi connectivity index (χ2v) is 5.23. The number of ether oxygens (including phenoxy) is 1. The van der Waals surface area contributed by atoms with E-state index < -0.39 is 15.9 Å². The third-order valence-corrected chi connectivity index (χ3v) is 3.39. The van der Waals surface area contributed by atoms with Crippen LogP contribution in [-0.2, 0) is 21.2 Å². The number of H-pyrrole nitrogens is 1. The molecule has 0 aromatic carbocycles. The second-order valence-electron chi connectivity index (χ2n) is 3.73. The number of amides is 1. The Morgan fingerprint density at radius 3 is 2.68 bits per heavy atom. The maximum absolute atomic E-state index is 11.8. The molecule has 0 aliphatic rings. The average molecular weight is 290 g/mol. The molecular formula is C10H18N4O4S. The average Bonchev–Trinajstić information content (AvgIpc) is 2.78. The maximum atomic E-state index is 11.8. The number of nitrogens with two attached hydrogens (primary N) is 1. The summed E-state index contributed by atoms with van der Waals surface area (Å²) < 4.78 is 28.0. The Labute approximate surface area is 111 Å². The topological polar surface area (TPSA) is 127 Å². The van der Waals surface area contributed by atoms with Gasteiger partial charge in [0.05, 0.1) is 12.3 Å². The van der Waals surface area contributed by atoms with E-state index in [1.165, 1.54) is 0 Å². The minimum atomic E-state index is -4.00. The first-order chi connectivity index (χ1) is 8.91. The minimum absolute atomic E-state index is 0.212. The number of hydrogen-bond acceptors (Lipinski definition) is 5. The molecule has 1 rings (SSSR count). The number of nitrogens with zero attached hydrogens (tertiary/aromatic N) is 1. The van der Waals surface area contributed by atoms with Crippen molar-refractivity contribution >= 4 is 15.9 Å². The maximum Gasteiger partial charge on any atom is 0.273 e. The van der Waals surface area contributed by atoms with Crippen molar-refractivity contribution in [1.29, 1.82) is 0 Å². The summed E-state index contributed by atoms with van der Waals surface area (Å²) in [6.45, 7) is 4.73. The van der Waals surface area contributed by atoms with Crippen LogP contribution in [0.3, 0.4) is 0 Å². The molecule has 0 atom stereocenters. The highest BCUT2D eigenvalue weighted by Gasteiger charge is 2.26. The number of aryl methyl sites for hydroxylation is 1. The van der Waals surface area contributed by atoms with Gasteiger partial charge in [-0.25, -0.2) is 13.6 Å². The molecule has 0 unspecified atom stereocenters. The second kappa shape index (κ2) is 6.64. The van der Waals surface area contributed by atoms with Crippen LogP contribution in [-0.4, -0.2) is 44.3 Å². The third-order valence-electron chi connectivity index (χ3n) is 2.38. The van der Waals surface area contributed by atoms with E-state index in [-0.39, 0.29) is 17.1 Å². The number of rotatable bonds is 7. The summed E-state index contributed by atoms with van der Waals surface area (Å²) >= 11 is 0. The summed E-state index contributed by atoms with van der Waals surface area (Å²) in [7, 11) is -4.00. The molecular weight excluding hydrogens is 272 g/mol. The molecule has 0 spiro atoms. The van der Waals surface area contributed by atoms with Gasteiger partial charge in [0, 0.05) is 13.2 Å². The van der Waals surface area contributed by atoms with Gasteiger partial charge in [0.25, 0.3) is 5.91 Å². The molecule has 1 aromatic rings. The molecule has 8 nitrogen and oxygen atoms in total. The van der Waals surface area contributed by atoms with Crippen LogP contribution < -0.4 is 10.5 Å². The number of nitrogens with one attached hydrogen (secondary N) is 2. The van der Waals surface area contributed by atoms with Crippen molar-refractivity contribution in [2.75, 3.05) is 19.8 Å². The van der Waals surface area contributed by atoms with Crippen molar-refractivity contribution < 1.29 is 17.9 Å². The minimum Gasteiger partial charge on any atom is -0.380 e. The number of carbonyl (C=O) groups excluding carboxylic acids is 1. The lowest BCUT2D eigenvalue weighted by Crippen LogP contribution is -2.29. The Morgan fingerprint density at radius 2 is 2.16 bits per heavy atom. The van der Waals surface area contributed by atoms with Gasteiger partial charge in [0.15, 0.2) is 5.69 Å². The van der Waals surface area contributed by atoms with E-state index in [0.29, 0.717) is 25.3 Å². The summed E-state index contributed by atoms with van der Waals surface area (Å²) in [6, 6.07) is 0. The molecule has 0 aliphatic carbocycles. The molecule has 9 heteroatoms. The van der Waals surface area contributed by atoms with Crippen LogP contribution in [0.5, 0.6) is 0 Å². The van der Waals surface area contributed by atoms with E-state index in [1.54, 1.807) is 6.92 Å². The summed E-state index contributed by atoms with van der Waals surface area (Å²) in [5.74, 6) is -0.598. The van der Waals surface area contributed by atoms with Crippen LogP contribution in [0, 0.1) is 0 Å². The highest BCUT2D eigenvalue weighted by Crippen LogP contribution is 2.17. The number of aromatic nitrogens is 2. The quantitative estimate of drug-likeness (QED) is 0.577. The molecule has 0 radical (unpaired) electrons. The lowest BCUT2D eigenvalue weighted by Gasteiger charge is -2.05. The van der Waals surface area contributed by atoms with Gasteiger partial charge in [-0.05, 0) is 13.3 Å². The fraction of sp³-hybridized carbons (Fsp3) is 0.600. The van der Waals surface area contributed by atoms with Gasteiger partial charge in [-0.1, -0.05) is 6.92 Å². The molecule has 0 fully saturated rings. The zero-order valence-electron chi connectivity index (χ0n) is 10.9. The van der Waals surface area contributed by atoms with Crippen LogP contribution in [0.2, 0.25) is 0 Å². The van der Waals surface area contributed by atoms with Crippen molar-refractivity contribution in [1.82, 2.24) is 15.5 Å². The van der Waals surface area contributed by atoms with Crippen LogP contribution in [0.25, 0.3) is 0 Å². The largest absolute Gasteiger partial charge is 0.380 e. The predicted molar refractivity (Wildman–Crippen MR) is 68.2 cm³/mol. The molecule has 1 amide bonds. The van der Waals surface area contributed by atoms with Gasteiger partial charge in [-0.3, -0.25) is 9.89 Å². The van der Waals surface area contributed by atoms with Crippen molar-refractivity contribution in [3.8, 4) is 0 Å². The lowest BCUT2D eigenvalue weighted by molar-refractivity contribution is 0.0914. The first-order valence-corrected chi connectivity index (χ1v) is 7.42.